The Balaban J connectivity index is 1.77. The Morgan fingerprint density at radius 1 is 1.11 bits per heavy atom. The molecule has 0 radical (unpaired) electrons. The molecule has 1 unspecified atom stereocenters. The van der Waals surface area contributed by atoms with E-state index in [1.165, 1.54) is 26.9 Å². The third kappa shape index (κ3) is 3.74. The summed E-state index contributed by atoms with van der Waals surface area (Å²) in [5, 5.41) is 4.87. The number of aromatic nitrogens is 2. The highest BCUT2D eigenvalue weighted by Gasteiger charge is 2.29. The van der Waals surface area contributed by atoms with E-state index in [1.54, 1.807) is 11.9 Å². The van der Waals surface area contributed by atoms with Crippen LogP contribution in [0.5, 0.6) is 0 Å². The normalized spacial score (nSPS) is 17.0. The van der Waals surface area contributed by atoms with Gasteiger partial charge in [0.15, 0.2) is 5.82 Å². The number of hydrogen-bond acceptors (Lipinski definition) is 2. The van der Waals surface area contributed by atoms with Crippen LogP contribution in [-0.4, -0.2) is 5.10 Å². The Labute approximate surface area is 171 Å². The summed E-state index contributed by atoms with van der Waals surface area (Å²) in [4.78, 5) is 1.19. The maximum Gasteiger partial charge on any atom is 0.241 e. The highest BCUT2D eigenvalue weighted by atomic mass is 32.2. The molecule has 1 aliphatic rings. The van der Waals surface area contributed by atoms with E-state index in [0.717, 1.165) is 12.2 Å². The third-order valence-electron chi connectivity index (χ3n) is 5.33. The molecule has 4 rings (SSSR count). The van der Waals surface area contributed by atoms with Crippen LogP contribution in [0.1, 0.15) is 45.7 Å². The van der Waals surface area contributed by atoms with Crippen LogP contribution in [0.25, 0.3) is 10.9 Å². The minimum absolute atomic E-state index is 0.118. The van der Waals surface area contributed by atoms with Gasteiger partial charge in [-0.2, -0.15) is 0 Å². The lowest BCUT2D eigenvalue weighted by molar-refractivity contribution is -0.742. The van der Waals surface area contributed by atoms with Crippen molar-refractivity contribution in [1.29, 1.82) is 0 Å². The van der Waals surface area contributed by atoms with Crippen LogP contribution in [0.3, 0.4) is 0 Å². The Hall–Kier alpha value is -2.46. The van der Waals surface area contributed by atoms with Gasteiger partial charge in [-0.15, -0.1) is 9.78 Å². The molecule has 28 heavy (non-hydrogen) atoms. The maximum absolute atomic E-state index is 3.65. The Morgan fingerprint density at radius 3 is 2.61 bits per heavy atom. The highest BCUT2D eigenvalue weighted by Crippen LogP contribution is 2.32. The maximum atomic E-state index is 3.65. The van der Waals surface area contributed by atoms with Crippen molar-refractivity contribution in [2.75, 3.05) is 4.72 Å². The van der Waals surface area contributed by atoms with Gasteiger partial charge in [-0.1, -0.05) is 63.3 Å². The molecule has 2 N–H and O–H groups in total. The SMILES string of the molecule is CC1=CC=CCC1[n+]1[nH]c(NSc2ccccc2)c2ccc(C(C)(C)C)cc21. The van der Waals surface area contributed by atoms with Crippen molar-refractivity contribution in [1.82, 2.24) is 5.10 Å². The number of nitrogens with one attached hydrogen (secondary N) is 2. The monoisotopic (exact) mass is 390 g/mol. The zero-order valence-corrected chi connectivity index (χ0v) is 17.8. The van der Waals surface area contributed by atoms with Gasteiger partial charge in [0.1, 0.15) is 0 Å². The average molecular weight is 391 g/mol. The molecule has 1 aliphatic carbocycles. The summed E-state index contributed by atoms with van der Waals surface area (Å²) >= 11 is 1.64. The number of nitrogens with zero attached hydrogens (tertiary/aromatic N) is 1. The molecule has 0 bridgehead atoms. The summed E-state index contributed by atoms with van der Waals surface area (Å²) < 4.78 is 5.87. The highest BCUT2D eigenvalue weighted by molar-refractivity contribution is 8.00. The summed E-state index contributed by atoms with van der Waals surface area (Å²) in [5.74, 6) is 1.05. The number of H-pyrrole nitrogens is 1. The fourth-order valence-electron chi connectivity index (χ4n) is 3.61. The minimum atomic E-state index is 0.118. The molecule has 0 aliphatic heterocycles. The summed E-state index contributed by atoms with van der Waals surface area (Å²) in [6.45, 7) is 9.02. The predicted molar refractivity (Wildman–Crippen MR) is 120 cm³/mol. The van der Waals surface area contributed by atoms with Gasteiger partial charge in [0.2, 0.25) is 11.6 Å². The van der Waals surface area contributed by atoms with Crippen LogP contribution < -0.4 is 9.40 Å². The molecule has 0 amide bonds. The standard InChI is InChI=1S/C24H27N3S/c1-17-10-8-9-13-21(17)27-22-16-18(24(2,3)4)14-15-20(22)23(25-27)26-28-19-11-6-5-7-12-19/h5-12,14-16,21H,13H2,1-4H3,(H,25,26)/p+1. The van der Waals surface area contributed by atoms with E-state index in [-0.39, 0.29) is 5.41 Å². The summed E-state index contributed by atoms with van der Waals surface area (Å²) in [6, 6.07) is 17.6. The van der Waals surface area contributed by atoms with Crippen molar-refractivity contribution in [2.24, 2.45) is 0 Å². The van der Waals surface area contributed by atoms with Gasteiger partial charge >= 0.3 is 0 Å². The van der Waals surface area contributed by atoms with E-state index in [9.17, 15) is 0 Å². The van der Waals surface area contributed by atoms with Crippen molar-refractivity contribution >= 4 is 28.7 Å². The van der Waals surface area contributed by atoms with Gasteiger partial charge in [0.25, 0.3) is 0 Å². The van der Waals surface area contributed by atoms with Crippen molar-refractivity contribution in [3.63, 3.8) is 0 Å². The minimum Gasteiger partial charge on any atom is -0.307 e. The van der Waals surface area contributed by atoms with Crippen LogP contribution >= 0.6 is 11.9 Å². The van der Waals surface area contributed by atoms with Crippen molar-refractivity contribution in [3.8, 4) is 0 Å². The van der Waals surface area contributed by atoms with Crippen molar-refractivity contribution < 1.29 is 4.68 Å². The number of aromatic amines is 1. The Morgan fingerprint density at radius 2 is 1.89 bits per heavy atom. The van der Waals surface area contributed by atoms with Gasteiger partial charge in [-0.05, 0) is 53.6 Å². The molecule has 1 aromatic heterocycles. The van der Waals surface area contributed by atoms with E-state index in [2.05, 4.69) is 103 Å². The quantitative estimate of drug-likeness (QED) is 0.403. The van der Waals surface area contributed by atoms with Crippen LogP contribution in [-0.2, 0) is 5.41 Å². The van der Waals surface area contributed by atoms with Gasteiger partial charge in [0, 0.05) is 17.4 Å². The zero-order valence-electron chi connectivity index (χ0n) is 17.0. The number of fused-ring (bicyclic) bond motifs is 1. The lowest BCUT2D eigenvalue weighted by Gasteiger charge is -2.18. The molecule has 0 saturated heterocycles. The second-order valence-corrected chi connectivity index (χ2v) is 9.33. The summed E-state index contributed by atoms with van der Waals surface area (Å²) in [7, 11) is 0. The largest absolute Gasteiger partial charge is 0.307 e. The molecule has 3 aromatic rings. The molecule has 1 atom stereocenters. The van der Waals surface area contributed by atoms with Crippen LogP contribution in [0, 0.1) is 0 Å². The van der Waals surface area contributed by atoms with Crippen molar-refractivity contribution in [2.45, 2.75) is 50.5 Å². The van der Waals surface area contributed by atoms with E-state index >= 15 is 0 Å². The average Bonchev–Trinajstić information content (AvgIpc) is 3.05. The number of rotatable bonds is 4. The molecule has 144 valence electrons. The fourth-order valence-corrected chi connectivity index (χ4v) is 4.27. The van der Waals surface area contributed by atoms with E-state index in [0.29, 0.717) is 6.04 Å². The number of anilines is 1. The van der Waals surface area contributed by atoms with Gasteiger partial charge in [-0.25, -0.2) is 0 Å². The van der Waals surface area contributed by atoms with Gasteiger partial charge in [0.05, 0.1) is 5.39 Å². The van der Waals surface area contributed by atoms with Gasteiger partial charge < -0.3 is 4.72 Å². The molecule has 0 fully saturated rings. The molecule has 3 nitrogen and oxygen atoms in total. The summed E-state index contributed by atoms with van der Waals surface area (Å²) in [5.41, 5.74) is 4.09. The number of hydrogen-bond donors (Lipinski definition) is 2. The Bertz CT molecular complexity index is 1040. The summed E-state index contributed by atoms with van der Waals surface area (Å²) in [6.07, 6.45) is 7.63. The smallest absolute Gasteiger partial charge is 0.241 e. The lowest BCUT2D eigenvalue weighted by atomic mass is 9.86. The molecule has 0 saturated carbocycles. The first-order valence-corrected chi connectivity index (χ1v) is 10.6. The first-order chi connectivity index (χ1) is 13.4. The molecule has 2 aromatic carbocycles. The van der Waals surface area contributed by atoms with E-state index < -0.39 is 0 Å². The van der Waals surface area contributed by atoms with Crippen LogP contribution in [0.15, 0.2) is 77.2 Å². The zero-order chi connectivity index (χ0) is 19.7. The molecular formula is C24H28N3S+. The van der Waals surface area contributed by atoms with Crippen LogP contribution in [0.4, 0.5) is 5.82 Å². The van der Waals surface area contributed by atoms with Crippen molar-refractivity contribution in [3.05, 3.63) is 77.9 Å². The second kappa shape index (κ2) is 7.51. The lowest BCUT2D eigenvalue weighted by Crippen LogP contribution is -2.42. The topological polar surface area (TPSA) is 31.7 Å². The Kier molecular flexibility index (Phi) is 5.07. The van der Waals surface area contributed by atoms with E-state index in [4.69, 9.17) is 0 Å². The predicted octanol–water partition coefficient (Wildman–Crippen LogP) is 6.32. The number of allylic oxidation sites excluding steroid dienone is 4. The fraction of sp³-hybridized carbons (Fsp3) is 0.292. The molecule has 4 heteroatoms. The van der Waals surface area contributed by atoms with Gasteiger partial charge in [-0.3, -0.25) is 0 Å². The second-order valence-electron chi connectivity index (χ2n) is 8.45. The van der Waals surface area contributed by atoms with E-state index in [1.807, 2.05) is 6.07 Å². The molecular weight excluding hydrogens is 362 g/mol. The number of benzene rings is 2. The first kappa shape index (κ1) is 18.9. The third-order valence-corrected chi connectivity index (χ3v) is 6.14. The first-order valence-electron chi connectivity index (χ1n) is 9.82. The molecule has 0 spiro atoms. The molecule has 1 heterocycles. The van der Waals surface area contributed by atoms with Crippen LogP contribution in [0.2, 0.25) is 0 Å².